The molecule has 0 aromatic rings. The van der Waals surface area contributed by atoms with Crippen LogP contribution in [-0.4, -0.2) is 62.1 Å². The number of rotatable bonds is 3. The van der Waals surface area contributed by atoms with Gasteiger partial charge in [0, 0.05) is 45.2 Å². The Bertz CT molecular complexity index is 329. The van der Waals surface area contributed by atoms with Crippen molar-refractivity contribution >= 4 is 11.8 Å². The van der Waals surface area contributed by atoms with Crippen LogP contribution >= 0.6 is 0 Å². The fourth-order valence-corrected chi connectivity index (χ4v) is 2.69. The summed E-state index contributed by atoms with van der Waals surface area (Å²) in [5.74, 6) is -0.554. The first kappa shape index (κ1) is 14.3. The topological polar surface area (TPSA) is 70.7 Å². The standard InChI is InChI=1S/C13H23N3O3/c1-2-11-10(3-8-19-11)9-15-12(17)13(18)16-6-4-14-5-7-16/h10-11,14H,2-9H2,1H3,(H,15,17). The van der Waals surface area contributed by atoms with Gasteiger partial charge in [-0.25, -0.2) is 0 Å². The van der Waals surface area contributed by atoms with E-state index in [2.05, 4.69) is 17.6 Å². The fourth-order valence-electron chi connectivity index (χ4n) is 2.69. The number of hydrogen-bond donors (Lipinski definition) is 2. The molecule has 2 aliphatic heterocycles. The number of carbonyl (C=O) groups is 2. The Balaban J connectivity index is 1.75. The second-order valence-corrected chi connectivity index (χ2v) is 5.12. The molecule has 6 nitrogen and oxygen atoms in total. The lowest BCUT2D eigenvalue weighted by molar-refractivity contribution is -0.146. The summed E-state index contributed by atoms with van der Waals surface area (Å²) in [5, 5.41) is 5.91. The van der Waals surface area contributed by atoms with Gasteiger partial charge in [-0.3, -0.25) is 9.59 Å². The van der Waals surface area contributed by atoms with E-state index in [4.69, 9.17) is 4.74 Å². The van der Waals surface area contributed by atoms with Crippen LogP contribution in [0.2, 0.25) is 0 Å². The van der Waals surface area contributed by atoms with E-state index in [0.717, 1.165) is 32.5 Å². The minimum absolute atomic E-state index is 0.217. The molecule has 108 valence electrons. The highest BCUT2D eigenvalue weighted by molar-refractivity contribution is 6.35. The summed E-state index contributed by atoms with van der Waals surface area (Å²) in [6.07, 6.45) is 2.13. The molecule has 0 aliphatic carbocycles. The zero-order chi connectivity index (χ0) is 13.7. The molecule has 2 rings (SSSR count). The van der Waals surface area contributed by atoms with Crippen molar-refractivity contribution in [3.63, 3.8) is 0 Å². The molecule has 2 saturated heterocycles. The van der Waals surface area contributed by atoms with Gasteiger partial charge in [-0.2, -0.15) is 0 Å². The first-order valence-electron chi connectivity index (χ1n) is 7.11. The fraction of sp³-hybridized carbons (Fsp3) is 0.846. The van der Waals surface area contributed by atoms with Gasteiger partial charge >= 0.3 is 11.8 Å². The van der Waals surface area contributed by atoms with Gasteiger partial charge in [0.05, 0.1) is 6.10 Å². The van der Waals surface area contributed by atoms with E-state index in [1.165, 1.54) is 0 Å². The molecule has 2 atom stereocenters. The van der Waals surface area contributed by atoms with Crippen molar-refractivity contribution in [2.45, 2.75) is 25.9 Å². The van der Waals surface area contributed by atoms with Crippen LogP contribution in [0.25, 0.3) is 0 Å². The normalized spacial score (nSPS) is 27.3. The van der Waals surface area contributed by atoms with Gasteiger partial charge in [0.2, 0.25) is 0 Å². The van der Waals surface area contributed by atoms with E-state index in [-0.39, 0.29) is 6.10 Å². The lowest BCUT2D eigenvalue weighted by atomic mass is 10.00. The highest BCUT2D eigenvalue weighted by Crippen LogP contribution is 2.22. The summed E-state index contributed by atoms with van der Waals surface area (Å²) in [7, 11) is 0. The summed E-state index contributed by atoms with van der Waals surface area (Å²) in [6.45, 7) is 6.10. The van der Waals surface area contributed by atoms with Crippen LogP contribution in [0.3, 0.4) is 0 Å². The summed E-state index contributed by atoms with van der Waals surface area (Å²) in [6, 6.07) is 0. The molecule has 0 aromatic carbocycles. The Hall–Kier alpha value is -1.14. The van der Waals surface area contributed by atoms with Gasteiger partial charge < -0.3 is 20.3 Å². The number of ether oxygens (including phenoxy) is 1. The SMILES string of the molecule is CCC1OCCC1CNC(=O)C(=O)N1CCNCC1. The minimum Gasteiger partial charge on any atom is -0.378 e. The molecule has 2 amide bonds. The first-order valence-corrected chi connectivity index (χ1v) is 7.11. The number of amides is 2. The number of nitrogens with zero attached hydrogens (tertiary/aromatic N) is 1. The zero-order valence-electron chi connectivity index (χ0n) is 11.5. The molecule has 19 heavy (non-hydrogen) atoms. The third-order valence-electron chi connectivity index (χ3n) is 3.87. The van der Waals surface area contributed by atoms with Crippen LogP contribution < -0.4 is 10.6 Å². The minimum atomic E-state index is -0.483. The highest BCUT2D eigenvalue weighted by Gasteiger charge is 2.29. The van der Waals surface area contributed by atoms with Gasteiger partial charge in [-0.1, -0.05) is 6.92 Å². The van der Waals surface area contributed by atoms with Gasteiger partial charge in [0.25, 0.3) is 0 Å². The van der Waals surface area contributed by atoms with E-state index in [1.54, 1.807) is 4.90 Å². The van der Waals surface area contributed by atoms with Crippen molar-refractivity contribution in [3.8, 4) is 0 Å². The van der Waals surface area contributed by atoms with Gasteiger partial charge in [-0.15, -0.1) is 0 Å². The smallest absolute Gasteiger partial charge is 0.311 e. The third-order valence-corrected chi connectivity index (χ3v) is 3.87. The second kappa shape index (κ2) is 6.86. The van der Waals surface area contributed by atoms with E-state index in [0.29, 0.717) is 25.6 Å². The van der Waals surface area contributed by atoms with Crippen LogP contribution in [-0.2, 0) is 14.3 Å². The Morgan fingerprint density at radius 3 is 2.79 bits per heavy atom. The van der Waals surface area contributed by atoms with E-state index in [9.17, 15) is 9.59 Å². The lowest BCUT2D eigenvalue weighted by Gasteiger charge is -2.27. The highest BCUT2D eigenvalue weighted by atomic mass is 16.5. The molecule has 6 heteroatoms. The van der Waals surface area contributed by atoms with Gasteiger partial charge in [0.15, 0.2) is 0 Å². The van der Waals surface area contributed by atoms with Crippen molar-refractivity contribution in [3.05, 3.63) is 0 Å². The Kier molecular flexibility index (Phi) is 5.15. The molecule has 2 N–H and O–H groups in total. The third kappa shape index (κ3) is 3.67. The Labute approximate surface area is 113 Å². The maximum atomic E-state index is 11.9. The molecule has 2 heterocycles. The predicted molar refractivity (Wildman–Crippen MR) is 70.6 cm³/mol. The molecule has 0 radical (unpaired) electrons. The zero-order valence-corrected chi connectivity index (χ0v) is 11.5. The average Bonchev–Trinajstić information content (AvgIpc) is 2.92. The second-order valence-electron chi connectivity index (χ2n) is 5.12. The Morgan fingerprint density at radius 1 is 1.37 bits per heavy atom. The van der Waals surface area contributed by atoms with E-state index < -0.39 is 11.8 Å². The number of piperazine rings is 1. The number of nitrogens with one attached hydrogen (secondary N) is 2. The maximum Gasteiger partial charge on any atom is 0.311 e. The van der Waals surface area contributed by atoms with Crippen LogP contribution in [0.15, 0.2) is 0 Å². The predicted octanol–water partition coefficient (Wildman–Crippen LogP) is -0.650. The summed E-state index contributed by atoms with van der Waals surface area (Å²) in [5.41, 5.74) is 0. The van der Waals surface area contributed by atoms with Crippen LogP contribution in [0.1, 0.15) is 19.8 Å². The molecular weight excluding hydrogens is 246 g/mol. The van der Waals surface area contributed by atoms with Gasteiger partial charge in [0.1, 0.15) is 0 Å². The molecule has 2 aliphatic rings. The van der Waals surface area contributed by atoms with Gasteiger partial charge in [-0.05, 0) is 12.8 Å². The van der Waals surface area contributed by atoms with Crippen LogP contribution in [0, 0.1) is 5.92 Å². The van der Waals surface area contributed by atoms with Crippen molar-refractivity contribution < 1.29 is 14.3 Å². The molecule has 2 fully saturated rings. The molecular formula is C13H23N3O3. The van der Waals surface area contributed by atoms with E-state index in [1.807, 2.05) is 0 Å². The lowest BCUT2D eigenvalue weighted by Crippen LogP contribution is -2.51. The number of carbonyl (C=O) groups excluding carboxylic acids is 2. The average molecular weight is 269 g/mol. The molecule has 0 spiro atoms. The number of hydrogen-bond acceptors (Lipinski definition) is 4. The quantitative estimate of drug-likeness (QED) is 0.668. The van der Waals surface area contributed by atoms with Crippen LogP contribution in [0.5, 0.6) is 0 Å². The van der Waals surface area contributed by atoms with Crippen LogP contribution in [0.4, 0.5) is 0 Å². The summed E-state index contributed by atoms with van der Waals surface area (Å²) < 4.78 is 5.57. The molecule has 0 bridgehead atoms. The molecule has 0 aromatic heterocycles. The molecule has 0 saturated carbocycles. The monoisotopic (exact) mass is 269 g/mol. The molecule has 2 unspecified atom stereocenters. The Morgan fingerprint density at radius 2 is 2.11 bits per heavy atom. The first-order chi connectivity index (χ1) is 9.22. The van der Waals surface area contributed by atoms with Crippen molar-refractivity contribution in [1.82, 2.24) is 15.5 Å². The maximum absolute atomic E-state index is 11.9. The van der Waals surface area contributed by atoms with Crippen molar-refractivity contribution in [2.24, 2.45) is 5.92 Å². The summed E-state index contributed by atoms with van der Waals surface area (Å²) in [4.78, 5) is 25.3. The van der Waals surface area contributed by atoms with E-state index >= 15 is 0 Å². The van der Waals surface area contributed by atoms with Crippen molar-refractivity contribution in [1.29, 1.82) is 0 Å². The largest absolute Gasteiger partial charge is 0.378 e. The summed E-state index contributed by atoms with van der Waals surface area (Å²) >= 11 is 0. The van der Waals surface area contributed by atoms with Crippen molar-refractivity contribution in [2.75, 3.05) is 39.3 Å².